The summed E-state index contributed by atoms with van der Waals surface area (Å²) in [5.74, 6) is 1.23. The van der Waals surface area contributed by atoms with Crippen molar-refractivity contribution in [2.75, 3.05) is 19.7 Å². The topological polar surface area (TPSA) is 79.5 Å². The molecule has 0 aromatic heterocycles. The minimum atomic E-state index is -0.537. The smallest absolute Gasteiger partial charge is 0.242 e. The maximum absolute atomic E-state index is 12.7. The van der Waals surface area contributed by atoms with E-state index in [9.17, 15) is 14.0 Å². The van der Waals surface area contributed by atoms with Gasteiger partial charge >= 0.3 is 0 Å². The van der Waals surface area contributed by atoms with Gasteiger partial charge < -0.3 is 20.7 Å². The highest BCUT2D eigenvalue weighted by Crippen LogP contribution is 2.20. The second-order valence-corrected chi connectivity index (χ2v) is 11.4. The van der Waals surface area contributed by atoms with Crippen LogP contribution in [0, 0.1) is 24.6 Å². The Morgan fingerprint density at radius 2 is 1.65 bits per heavy atom. The Morgan fingerprint density at radius 3 is 2.21 bits per heavy atom. The molecule has 7 heteroatoms. The van der Waals surface area contributed by atoms with Crippen molar-refractivity contribution in [2.24, 2.45) is 11.8 Å². The third kappa shape index (κ3) is 20.2. The number of amides is 2. The van der Waals surface area contributed by atoms with Gasteiger partial charge in [0.15, 0.2) is 0 Å². The number of carbonyl (C=O) groups excluding carboxylic acids is 2. The summed E-state index contributed by atoms with van der Waals surface area (Å²) in [4.78, 5) is 24.9. The van der Waals surface area contributed by atoms with Crippen molar-refractivity contribution in [3.63, 3.8) is 0 Å². The largest absolute Gasteiger partial charge is 0.493 e. The molecule has 2 aromatic rings. The van der Waals surface area contributed by atoms with Gasteiger partial charge in [0.2, 0.25) is 11.8 Å². The van der Waals surface area contributed by atoms with E-state index >= 15 is 0 Å². The van der Waals surface area contributed by atoms with Gasteiger partial charge in [0.1, 0.15) is 17.6 Å². The summed E-state index contributed by atoms with van der Waals surface area (Å²) in [6, 6.07) is 14.0. The van der Waals surface area contributed by atoms with Gasteiger partial charge in [-0.05, 0) is 73.8 Å². The number of nitrogens with one attached hydrogen (secondary N) is 3. The van der Waals surface area contributed by atoms with Crippen molar-refractivity contribution in [1.82, 2.24) is 16.0 Å². The van der Waals surface area contributed by atoms with E-state index in [4.69, 9.17) is 4.74 Å². The molecule has 6 nitrogen and oxygen atoms in total. The Morgan fingerprint density at radius 1 is 0.977 bits per heavy atom. The number of ether oxygens (including phenoxy) is 1. The zero-order valence-electron chi connectivity index (χ0n) is 28.0. The van der Waals surface area contributed by atoms with Gasteiger partial charge in [-0.15, -0.1) is 0 Å². The summed E-state index contributed by atoms with van der Waals surface area (Å²) in [6.07, 6.45) is 5.32. The number of para-hydroxylation sites is 1. The van der Waals surface area contributed by atoms with Crippen LogP contribution in [0.15, 0.2) is 60.8 Å². The molecule has 0 heterocycles. The molecule has 242 valence electrons. The number of benzene rings is 2. The molecule has 3 N–H and O–H groups in total. The average Bonchev–Trinajstić information content (AvgIpc) is 2.97. The molecular formula is C36H58FN3O3. The molecule has 0 radical (unpaired) electrons. The summed E-state index contributed by atoms with van der Waals surface area (Å²) in [7, 11) is 0. The maximum atomic E-state index is 12.7. The molecule has 0 aliphatic carbocycles. The quantitative estimate of drug-likeness (QED) is 0.172. The van der Waals surface area contributed by atoms with Gasteiger partial charge in [0.25, 0.3) is 0 Å². The standard InChI is InChI=1S/C26H43N3O3.C7H7F.C3H8/c1-7-20(5)18-32-24-14-10-9-12-22(24)13-11-15-27-26(31)23(16-19(3)4)29-25(30)17-28-21(6)8-2;1-6-3-2-4-7(8)5-6;1-3-2/h9-10,12,14,19-20,23,28H,6-8,11,13,15-18H2,1-5H3,(H,27,31)(H,29,30);2-5H,1H3;3H2,1-2H3/t20-,23?;;/m1../s1. The fourth-order valence-electron chi connectivity index (χ4n) is 3.70. The van der Waals surface area contributed by atoms with Gasteiger partial charge in [-0.3, -0.25) is 9.59 Å². The summed E-state index contributed by atoms with van der Waals surface area (Å²) < 4.78 is 18.2. The molecule has 0 saturated heterocycles. The first-order valence-corrected chi connectivity index (χ1v) is 15.9. The molecule has 0 bridgehead atoms. The molecule has 0 aliphatic rings. The fourth-order valence-corrected chi connectivity index (χ4v) is 3.70. The third-order valence-corrected chi connectivity index (χ3v) is 6.38. The lowest BCUT2D eigenvalue weighted by molar-refractivity contribution is -0.128. The van der Waals surface area contributed by atoms with E-state index in [1.54, 1.807) is 6.07 Å². The second-order valence-electron chi connectivity index (χ2n) is 11.4. The van der Waals surface area contributed by atoms with Crippen molar-refractivity contribution in [3.05, 3.63) is 77.8 Å². The first-order chi connectivity index (χ1) is 20.5. The van der Waals surface area contributed by atoms with Crippen LogP contribution in [0.5, 0.6) is 5.75 Å². The highest BCUT2D eigenvalue weighted by atomic mass is 19.1. The van der Waals surface area contributed by atoms with E-state index in [0.717, 1.165) is 48.3 Å². The van der Waals surface area contributed by atoms with E-state index in [2.05, 4.69) is 56.3 Å². The number of halogens is 1. The van der Waals surface area contributed by atoms with Crippen molar-refractivity contribution in [3.8, 4) is 5.75 Å². The number of allylic oxidation sites excluding steroid dienone is 1. The molecule has 0 aliphatic heterocycles. The van der Waals surface area contributed by atoms with Crippen LogP contribution in [0.2, 0.25) is 0 Å². The van der Waals surface area contributed by atoms with E-state index in [1.165, 1.54) is 18.6 Å². The minimum absolute atomic E-state index is 0.127. The third-order valence-electron chi connectivity index (χ3n) is 6.38. The van der Waals surface area contributed by atoms with E-state index in [1.807, 2.05) is 52.0 Å². The summed E-state index contributed by atoms with van der Waals surface area (Å²) in [5, 5.41) is 8.82. The molecule has 2 rings (SSSR count). The van der Waals surface area contributed by atoms with Crippen molar-refractivity contribution in [2.45, 2.75) is 100.0 Å². The first kappa shape index (κ1) is 39.6. The van der Waals surface area contributed by atoms with Crippen LogP contribution in [-0.4, -0.2) is 37.6 Å². The monoisotopic (exact) mass is 599 g/mol. The first-order valence-electron chi connectivity index (χ1n) is 15.9. The highest BCUT2D eigenvalue weighted by molar-refractivity contribution is 5.88. The molecule has 0 fully saturated rings. The summed E-state index contributed by atoms with van der Waals surface area (Å²) in [5.41, 5.74) is 2.92. The highest BCUT2D eigenvalue weighted by Gasteiger charge is 2.21. The Labute approximate surface area is 261 Å². The molecule has 1 unspecified atom stereocenters. The molecule has 0 spiro atoms. The van der Waals surface area contributed by atoms with E-state index in [-0.39, 0.29) is 24.2 Å². The Hall–Kier alpha value is -3.35. The van der Waals surface area contributed by atoms with Gasteiger partial charge in [-0.1, -0.05) is 98.2 Å². The van der Waals surface area contributed by atoms with Crippen LogP contribution in [0.3, 0.4) is 0 Å². The number of carbonyl (C=O) groups is 2. The van der Waals surface area contributed by atoms with E-state index < -0.39 is 6.04 Å². The number of aryl methyl sites for hydroxylation is 2. The van der Waals surface area contributed by atoms with Crippen molar-refractivity contribution in [1.29, 1.82) is 0 Å². The zero-order chi connectivity index (χ0) is 32.6. The van der Waals surface area contributed by atoms with E-state index in [0.29, 0.717) is 31.4 Å². The predicted molar refractivity (Wildman–Crippen MR) is 179 cm³/mol. The van der Waals surface area contributed by atoms with Crippen LogP contribution < -0.4 is 20.7 Å². The van der Waals surface area contributed by atoms with Gasteiger partial charge in [-0.2, -0.15) is 0 Å². The predicted octanol–water partition coefficient (Wildman–Crippen LogP) is 7.75. The molecule has 0 saturated carbocycles. The van der Waals surface area contributed by atoms with Crippen LogP contribution in [0.25, 0.3) is 0 Å². The summed E-state index contributed by atoms with van der Waals surface area (Å²) in [6.45, 7) is 21.7. The SMILES string of the molecule is C=C(CC)NCC(=O)NC(CC(C)C)C(=O)NCCCc1ccccc1OC[C@H](C)CC.CCC.Cc1cccc(F)c1. The number of rotatable bonds is 16. The van der Waals surface area contributed by atoms with Crippen LogP contribution in [-0.2, 0) is 16.0 Å². The van der Waals surface area contributed by atoms with Crippen LogP contribution >= 0.6 is 0 Å². The van der Waals surface area contributed by atoms with Gasteiger partial charge in [0.05, 0.1) is 13.2 Å². The normalized spacial score (nSPS) is 11.6. The van der Waals surface area contributed by atoms with Crippen LogP contribution in [0.4, 0.5) is 4.39 Å². The number of hydrogen-bond acceptors (Lipinski definition) is 4. The molecule has 2 amide bonds. The Bertz CT molecular complexity index is 1040. The van der Waals surface area contributed by atoms with Crippen LogP contribution in [0.1, 0.15) is 91.7 Å². The Balaban J connectivity index is 0.00000134. The lowest BCUT2D eigenvalue weighted by Gasteiger charge is -2.21. The number of hydrogen-bond donors (Lipinski definition) is 3. The summed E-state index contributed by atoms with van der Waals surface area (Å²) >= 11 is 0. The second kappa shape index (κ2) is 24.1. The van der Waals surface area contributed by atoms with Gasteiger partial charge in [-0.25, -0.2) is 4.39 Å². The molecule has 2 atom stereocenters. The van der Waals surface area contributed by atoms with Crippen molar-refractivity contribution >= 4 is 11.8 Å². The molecular weight excluding hydrogens is 541 g/mol. The molecule has 2 aromatic carbocycles. The zero-order valence-corrected chi connectivity index (χ0v) is 28.0. The van der Waals surface area contributed by atoms with Crippen molar-refractivity contribution < 1.29 is 18.7 Å². The lowest BCUT2D eigenvalue weighted by atomic mass is 10.0. The minimum Gasteiger partial charge on any atom is -0.493 e. The average molecular weight is 600 g/mol. The molecule has 43 heavy (non-hydrogen) atoms. The maximum Gasteiger partial charge on any atom is 0.242 e. The lowest BCUT2D eigenvalue weighted by Crippen LogP contribution is -2.49. The fraction of sp³-hybridized carbons (Fsp3) is 0.556. The Kier molecular flexibility index (Phi) is 22.2. The van der Waals surface area contributed by atoms with Gasteiger partial charge in [0, 0.05) is 12.2 Å².